The van der Waals surface area contributed by atoms with Crippen LogP contribution < -0.4 is 15.0 Å². The third-order valence-corrected chi connectivity index (χ3v) is 3.85. The van der Waals surface area contributed by atoms with Crippen LogP contribution in [0.3, 0.4) is 0 Å². The van der Waals surface area contributed by atoms with Gasteiger partial charge in [-0.15, -0.1) is 0 Å². The summed E-state index contributed by atoms with van der Waals surface area (Å²) in [5.74, 6) is 1.47. The molecule has 1 aliphatic carbocycles. The second-order valence-electron chi connectivity index (χ2n) is 5.34. The number of rotatable bonds is 5. The highest BCUT2D eigenvalue weighted by Crippen LogP contribution is 2.25. The van der Waals surface area contributed by atoms with Crippen molar-refractivity contribution in [2.45, 2.75) is 25.3 Å². The molecule has 1 N–H and O–H groups in total. The van der Waals surface area contributed by atoms with Crippen molar-refractivity contribution in [1.29, 1.82) is 0 Å². The van der Waals surface area contributed by atoms with E-state index in [0.717, 1.165) is 25.0 Å². The monoisotopic (exact) mass is 247 g/mol. The first kappa shape index (κ1) is 11.8. The lowest BCUT2D eigenvalue weighted by atomic mass is 10.1. The zero-order chi connectivity index (χ0) is 12.4. The third-order valence-electron chi connectivity index (χ3n) is 3.85. The maximum Gasteiger partial charge on any atom is 0.213 e. The minimum Gasteiger partial charge on any atom is -0.481 e. The first-order chi connectivity index (χ1) is 8.85. The molecule has 0 amide bonds. The number of pyridine rings is 1. The Kier molecular flexibility index (Phi) is 3.37. The molecule has 4 nitrogen and oxygen atoms in total. The van der Waals surface area contributed by atoms with Gasteiger partial charge in [0.05, 0.1) is 19.0 Å². The Hall–Kier alpha value is -1.29. The van der Waals surface area contributed by atoms with E-state index >= 15 is 0 Å². The summed E-state index contributed by atoms with van der Waals surface area (Å²) in [6.07, 6.45) is 5.94. The Labute approximate surface area is 108 Å². The van der Waals surface area contributed by atoms with Crippen LogP contribution in [0.4, 0.5) is 5.69 Å². The van der Waals surface area contributed by atoms with Crippen LogP contribution in [0.1, 0.15) is 19.3 Å². The van der Waals surface area contributed by atoms with Crippen LogP contribution in [0, 0.1) is 5.92 Å². The fourth-order valence-electron chi connectivity index (χ4n) is 2.53. The summed E-state index contributed by atoms with van der Waals surface area (Å²) < 4.78 is 5.09. The average molecular weight is 247 g/mol. The third kappa shape index (κ3) is 2.75. The van der Waals surface area contributed by atoms with Crippen molar-refractivity contribution < 1.29 is 4.74 Å². The minimum atomic E-state index is 0.685. The molecule has 1 saturated heterocycles. The van der Waals surface area contributed by atoms with Crippen LogP contribution in [0.15, 0.2) is 18.3 Å². The van der Waals surface area contributed by atoms with Gasteiger partial charge in [0.1, 0.15) is 0 Å². The van der Waals surface area contributed by atoms with Crippen molar-refractivity contribution in [3.63, 3.8) is 0 Å². The van der Waals surface area contributed by atoms with Crippen LogP contribution in [-0.2, 0) is 0 Å². The quantitative estimate of drug-likeness (QED) is 0.859. The van der Waals surface area contributed by atoms with E-state index in [2.05, 4.69) is 21.3 Å². The van der Waals surface area contributed by atoms with Gasteiger partial charge in [-0.2, -0.15) is 0 Å². The van der Waals surface area contributed by atoms with Crippen LogP contribution in [0.25, 0.3) is 0 Å². The van der Waals surface area contributed by atoms with E-state index < -0.39 is 0 Å². The van der Waals surface area contributed by atoms with E-state index in [1.54, 1.807) is 7.11 Å². The molecule has 1 atom stereocenters. The number of nitrogens with one attached hydrogen (secondary N) is 1. The van der Waals surface area contributed by atoms with Gasteiger partial charge in [-0.3, -0.25) is 0 Å². The molecular weight excluding hydrogens is 226 g/mol. The molecule has 2 heterocycles. The van der Waals surface area contributed by atoms with Gasteiger partial charge >= 0.3 is 0 Å². The maximum absolute atomic E-state index is 5.09. The number of methoxy groups -OCH3 is 1. The van der Waals surface area contributed by atoms with E-state index in [0.29, 0.717) is 5.88 Å². The van der Waals surface area contributed by atoms with Crippen LogP contribution in [-0.4, -0.2) is 37.8 Å². The van der Waals surface area contributed by atoms with Gasteiger partial charge in [-0.05, 0) is 37.8 Å². The second kappa shape index (κ2) is 5.14. The first-order valence-electron chi connectivity index (χ1n) is 6.83. The summed E-state index contributed by atoms with van der Waals surface area (Å²) in [5.41, 5.74) is 1.21. The Balaban J connectivity index is 1.53. The first-order valence-corrected chi connectivity index (χ1v) is 6.83. The van der Waals surface area contributed by atoms with E-state index in [4.69, 9.17) is 4.74 Å². The molecule has 1 saturated carbocycles. The molecule has 4 heteroatoms. The second-order valence-corrected chi connectivity index (χ2v) is 5.34. The van der Waals surface area contributed by atoms with E-state index in [9.17, 15) is 0 Å². The molecule has 1 unspecified atom stereocenters. The van der Waals surface area contributed by atoms with Gasteiger partial charge in [0, 0.05) is 25.2 Å². The zero-order valence-electron chi connectivity index (χ0n) is 10.9. The largest absolute Gasteiger partial charge is 0.481 e. The van der Waals surface area contributed by atoms with Gasteiger partial charge in [0.15, 0.2) is 0 Å². The fourth-order valence-corrected chi connectivity index (χ4v) is 2.53. The Morgan fingerprint density at radius 2 is 2.28 bits per heavy atom. The normalized spacial score (nSPS) is 23.4. The van der Waals surface area contributed by atoms with Crippen molar-refractivity contribution in [1.82, 2.24) is 10.3 Å². The highest BCUT2D eigenvalue weighted by Gasteiger charge is 2.26. The molecule has 2 aliphatic rings. The van der Waals surface area contributed by atoms with Gasteiger partial charge in [0.2, 0.25) is 5.88 Å². The summed E-state index contributed by atoms with van der Waals surface area (Å²) in [4.78, 5) is 6.69. The predicted molar refractivity (Wildman–Crippen MR) is 72.1 cm³/mol. The van der Waals surface area contributed by atoms with Gasteiger partial charge in [-0.25, -0.2) is 4.98 Å². The Morgan fingerprint density at radius 1 is 1.39 bits per heavy atom. The standard InChI is InChI=1S/C14H21N3O/c1-18-14-5-4-13(9-16-14)17-7-6-11(10-17)8-15-12-2-3-12/h4-5,9,11-12,15H,2-3,6-8,10H2,1H3. The van der Waals surface area contributed by atoms with E-state index in [-0.39, 0.29) is 0 Å². The van der Waals surface area contributed by atoms with Crippen molar-refractivity contribution in [2.24, 2.45) is 5.92 Å². The Morgan fingerprint density at radius 3 is 2.94 bits per heavy atom. The smallest absolute Gasteiger partial charge is 0.213 e. The topological polar surface area (TPSA) is 37.4 Å². The van der Waals surface area contributed by atoms with Gasteiger partial charge in [-0.1, -0.05) is 0 Å². The predicted octanol–water partition coefficient (Wildman–Crippen LogP) is 1.67. The van der Waals surface area contributed by atoms with Crippen LogP contribution in [0.5, 0.6) is 5.88 Å². The maximum atomic E-state index is 5.09. The lowest BCUT2D eigenvalue weighted by molar-refractivity contribution is 0.398. The molecule has 1 aromatic rings. The summed E-state index contributed by atoms with van der Waals surface area (Å²) in [5, 5.41) is 3.63. The van der Waals surface area contributed by atoms with Crippen molar-refractivity contribution in [3.8, 4) is 5.88 Å². The molecule has 0 aromatic carbocycles. The molecule has 3 rings (SSSR count). The molecule has 2 fully saturated rings. The molecule has 1 aliphatic heterocycles. The summed E-state index contributed by atoms with van der Waals surface area (Å²) in [6, 6.07) is 4.86. The van der Waals surface area contributed by atoms with Gasteiger partial charge in [0.25, 0.3) is 0 Å². The zero-order valence-corrected chi connectivity index (χ0v) is 10.9. The number of anilines is 1. The number of nitrogens with zero attached hydrogens (tertiary/aromatic N) is 2. The lowest BCUT2D eigenvalue weighted by Crippen LogP contribution is -2.27. The molecule has 18 heavy (non-hydrogen) atoms. The van der Waals surface area contributed by atoms with Crippen molar-refractivity contribution >= 4 is 5.69 Å². The minimum absolute atomic E-state index is 0.685. The summed E-state index contributed by atoms with van der Waals surface area (Å²) >= 11 is 0. The Bertz CT molecular complexity index is 389. The molecule has 0 spiro atoms. The molecular formula is C14H21N3O. The SMILES string of the molecule is COc1ccc(N2CCC(CNC3CC3)C2)cn1. The number of hydrogen-bond acceptors (Lipinski definition) is 4. The molecule has 0 radical (unpaired) electrons. The lowest BCUT2D eigenvalue weighted by Gasteiger charge is -2.18. The molecule has 98 valence electrons. The number of ether oxygens (including phenoxy) is 1. The van der Waals surface area contributed by atoms with E-state index in [1.807, 2.05) is 12.3 Å². The van der Waals surface area contributed by atoms with Crippen molar-refractivity contribution in [2.75, 3.05) is 31.6 Å². The van der Waals surface area contributed by atoms with Gasteiger partial charge < -0.3 is 15.0 Å². The highest BCUT2D eigenvalue weighted by molar-refractivity contribution is 5.46. The fraction of sp³-hybridized carbons (Fsp3) is 0.643. The molecule has 0 bridgehead atoms. The van der Waals surface area contributed by atoms with Crippen molar-refractivity contribution in [3.05, 3.63) is 18.3 Å². The highest BCUT2D eigenvalue weighted by atomic mass is 16.5. The average Bonchev–Trinajstić information content (AvgIpc) is 3.14. The summed E-state index contributed by atoms with van der Waals surface area (Å²) in [7, 11) is 1.65. The summed E-state index contributed by atoms with van der Waals surface area (Å²) in [6.45, 7) is 3.46. The number of aromatic nitrogens is 1. The number of hydrogen-bond donors (Lipinski definition) is 1. The van der Waals surface area contributed by atoms with Crippen LogP contribution in [0.2, 0.25) is 0 Å². The molecule has 1 aromatic heterocycles. The van der Waals surface area contributed by atoms with E-state index in [1.165, 1.54) is 31.5 Å². The van der Waals surface area contributed by atoms with Crippen LogP contribution >= 0.6 is 0 Å².